The molecule has 0 unspecified atom stereocenters. The predicted octanol–water partition coefficient (Wildman–Crippen LogP) is 3.63. The minimum Gasteiger partial charge on any atom is -0.383 e. The fraction of sp³-hybridized carbons (Fsp3) is 0.429. The molecule has 0 saturated carbocycles. The number of rotatable bonds is 7. The van der Waals surface area contributed by atoms with Gasteiger partial charge in [0.1, 0.15) is 5.69 Å². The second kappa shape index (κ2) is 9.37. The van der Waals surface area contributed by atoms with Gasteiger partial charge in [0, 0.05) is 38.1 Å². The zero-order valence-corrected chi connectivity index (χ0v) is 16.1. The monoisotopic (exact) mass is 368 g/mol. The van der Waals surface area contributed by atoms with Crippen LogP contribution in [0, 0.1) is 5.92 Å². The van der Waals surface area contributed by atoms with Crippen LogP contribution in [0.1, 0.15) is 30.3 Å². The van der Waals surface area contributed by atoms with E-state index in [-0.39, 0.29) is 5.91 Å². The maximum absolute atomic E-state index is 12.4. The van der Waals surface area contributed by atoms with E-state index in [1.807, 2.05) is 18.2 Å². The lowest BCUT2D eigenvalue weighted by Crippen LogP contribution is -2.32. The highest BCUT2D eigenvalue weighted by Crippen LogP contribution is 2.24. The number of hydrogen-bond acceptors (Lipinski definition) is 5. The highest BCUT2D eigenvalue weighted by molar-refractivity contribution is 6.03. The lowest BCUT2D eigenvalue weighted by molar-refractivity contribution is 0.102. The van der Waals surface area contributed by atoms with Crippen LogP contribution in [0.25, 0.3) is 0 Å². The molecule has 0 spiro atoms. The molecular formula is C21H28N4O2. The minimum absolute atomic E-state index is 0.210. The molecule has 0 radical (unpaired) electrons. The number of benzene rings is 1. The van der Waals surface area contributed by atoms with Gasteiger partial charge in [0.05, 0.1) is 18.5 Å². The number of carbonyl (C=O) groups excluding carboxylic acids is 1. The third-order valence-electron chi connectivity index (χ3n) is 4.91. The number of nitrogens with one attached hydrogen (secondary N) is 2. The fourth-order valence-corrected chi connectivity index (χ4v) is 3.15. The van der Waals surface area contributed by atoms with Crippen molar-refractivity contribution in [1.29, 1.82) is 0 Å². The average molecular weight is 368 g/mol. The maximum Gasteiger partial charge on any atom is 0.274 e. The number of pyridine rings is 1. The molecule has 1 amide bonds. The molecule has 1 aromatic carbocycles. The van der Waals surface area contributed by atoms with Gasteiger partial charge < -0.3 is 20.3 Å². The van der Waals surface area contributed by atoms with Gasteiger partial charge in [-0.25, -0.2) is 4.98 Å². The van der Waals surface area contributed by atoms with Crippen molar-refractivity contribution in [2.75, 3.05) is 48.9 Å². The van der Waals surface area contributed by atoms with Crippen LogP contribution in [0.5, 0.6) is 0 Å². The molecule has 1 saturated heterocycles. The zero-order valence-electron chi connectivity index (χ0n) is 16.1. The van der Waals surface area contributed by atoms with Gasteiger partial charge in [-0.05, 0) is 55.2 Å². The molecule has 0 atom stereocenters. The van der Waals surface area contributed by atoms with E-state index in [0.717, 1.165) is 30.4 Å². The number of hydrogen-bond donors (Lipinski definition) is 2. The molecule has 1 aliphatic rings. The number of anilines is 3. The third kappa shape index (κ3) is 5.44. The molecule has 2 aromatic rings. The van der Waals surface area contributed by atoms with Crippen LogP contribution in [0.3, 0.4) is 0 Å². The van der Waals surface area contributed by atoms with E-state index >= 15 is 0 Å². The van der Waals surface area contributed by atoms with Crippen LogP contribution in [0.4, 0.5) is 17.1 Å². The molecule has 2 N–H and O–H groups in total. The Hall–Kier alpha value is -2.60. The minimum atomic E-state index is -0.210. The summed E-state index contributed by atoms with van der Waals surface area (Å²) in [6.07, 6.45) is 4.13. The highest BCUT2D eigenvalue weighted by atomic mass is 16.5. The van der Waals surface area contributed by atoms with E-state index in [9.17, 15) is 4.79 Å². The molecule has 6 heteroatoms. The SMILES string of the molecule is COCCNc1ccc(C(=O)Nc2ccc(N3CCC(C)CC3)cc2)nc1. The summed E-state index contributed by atoms with van der Waals surface area (Å²) in [5.41, 5.74) is 3.24. The normalized spacial score (nSPS) is 14.8. The summed E-state index contributed by atoms with van der Waals surface area (Å²) < 4.78 is 4.99. The summed E-state index contributed by atoms with van der Waals surface area (Å²) >= 11 is 0. The predicted molar refractivity (Wildman–Crippen MR) is 110 cm³/mol. The summed E-state index contributed by atoms with van der Waals surface area (Å²) in [5, 5.41) is 6.08. The summed E-state index contributed by atoms with van der Waals surface area (Å²) in [7, 11) is 1.66. The van der Waals surface area contributed by atoms with Crippen molar-refractivity contribution >= 4 is 23.0 Å². The van der Waals surface area contributed by atoms with Crippen molar-refractivity contribution in [3.05, 3.63) is 48.3 Å². The summed E-state index contributed by atoms with van der Waals surface area (Å²) in [6, 6.07) is 11.6. The van der Waals surface area contributed by atoms with Crippen molar-refractivity contribution in [3.63, 3.8) is 0 Å². The number of aromatic nitrogens is 1. The molecule has 2 heterocycles. The van der Waals surface area contributed by atoms with E-state index < -0.39 is 0 Å². The Labute approximate surface area is 160 Å². The first-order chi connectivity index (χ1) is 13.2. The number of amides is 1. The number of methoxy groups -OCH3 is 1. The van der Waals surface area contributed by atoms with Gasteiger partial charge in [-0.1, -0.05) is 6.92 Å². The van der Waals surface area contributed by atoms with Crippen molar-refractivity contribution in [1.82, 2.24) is 4.98 Å². The molecule has 3 rings (SSSR count). The van der Waals surface area contributed by atoms with Gasteiger partial charge >= 0.3 is 0 Å². The Kier molecular flexibility index (Phi) is 6.65. The van der Waals surface area contributed by atoms with Crippen molar-refractivity contribution < 1.29 is 9.53 Å². The van der Waals surface area contributed by atoms with Gasteiger partial charge in [-0.15, -0.1) is 0 Å². The van der Waals surface area contributed by atoms with Gasteiger partial charge in [0.2, 0.25) is 0 Å². The Morgan fingerprint density at radius 3 is 2.48 bits per heavy atom. The summed E-state index contributed by atoms with van der Waals surface area (Å²) in [6.45, 7) is 5.83. The molecule has 1 fully saturated rings. The second-order valence-corrected chi connectivity index (χ2v) is 7.02. The fourth-order valence-electron chi connectivity index (χ4n) is 3.15. The van der Waals surface area contributed by atoms with Crippen LogP contribution < -0.4 is 15.5 Å². The lowest BCUT2D eigenvalue weighted by atomic mass is 9.99. The Morgan fingerprint density at radius 2 is 1.85 bits per heavy atom. The van der Waals surface area contributed by atoms with E-state index in [1.165, 1.54) is 18.5 Å². The molecule has 144 valence electrons. The number of carbonyl (C=O) groups is 1. The zero-order chi connectivity index (χ0) is 19.1. The molecule has 6 nitrogen and oxygen atoms in total. The molecular weight excluding hydrogens is 340 g/mol. The topological polar surface area (TPSA) is 66.5 Å². The second-order valence-electron chi connectivity index (χ2n) is 7.02. The van der Waals surface area contributed by atoms with Crippen LogP contribution in [-0.2, 0) is 4.74 Å². The smallest absolute Gasteiger partial charge is 0.274 e. The average Bonchev–Trinajstić information content (AvgIpc) is 2.70. The Bertz CT molecular complexity index is 723. The van der Waals surface area contributed by atoms with Gasteiger partial charge in [-0.2, -0.15) is 0 Å². The first kappa shape index (κ1) is 19.2. The maximum atomic E-state index is 12.4. The van der Waals surface area contributed by atoms with Crippen molar-refractivity contribution in [2.24, 2.45) is 5.92 Å². The number of nitrogens with zero attached hydrogens (tertiary/aromatic N) is 2. The van der Waals surface area contributed by atoms with E-state index in [1.54, 1.807) is 19.4 Å². The first-order valence-corrected chi connectivity index (χ1v) is 9.51. The van der Waals surface area contributed by atoms with Crippen LogP contribution >= 0.6 is 0 Å². The quantitative estimate of drug-likeness (QED) is 0.731. The summed E-state index contributed by atoms with van der Waals surface area (Å²) in [5.74, 6) is 0.604. The van der Waals surface area contributed by atoms with Gasteiger partial charge in [0.15, 0.2) is 0 Å². The van der Waals surface area contributed by atoms with E-state index in [2.05, 4.69) is 39.6 Å². The summed E-state index contributed by atoms with van der Waals surface area (Å²) in [4.78, 5) is 19.0. The van der Waals surface area contributed by atoms with E-state index in [0.29, 0.717) is 18.8 Å². The Balaban J connectivity index is 1.54. The number of piperidine rings is 1. The Morgan fingerprint density at radius 1 is 1.15 bits per heavy atom. The number of ether oxygens (including phenoxy) is 1. The molecule has 27 heavy (non-hydrogen) atoms. The highest BCUT2D eigenvalue weighted by Gasteiger charge is 2.16. The molecule has 0 aliphatic carbocycles. The van der Waals surface area contributed by atoms with E-state index in [4.69, 9.17) is 4.74 Å². The molecule has 1 aromatic heterocycles. The molecule has 1 aliphatic heterocycles. The van der Waals surface area contributed by atoms with Gasteiger partial charge in [0.25, 0.3) is 5.91 Å². The molecule has 0 bridgehead atoms. The van der Waals surface area contributed by atoms with Crippen molar-refractivity contribution in [2.45, 2.75) is 19.8 Å². The van der Waals surface area contributed by atoms with Crippen LogP contribution in [0.15, 0.2) is 42.6 Å². The largest absolute Gasteiger partial charge is 0.383 e. The van der Waals surface area contributed by atoms with Crippen LogP contribution in [-0.4, -0.2) is 44.2 Å². The van der Waals surface area contributed by atoms with Crippen molar-refractivity contribution in [3.8, 4) is 0 Å². The standard InChI is InChI=1S/C21H28N4O2/c1-16-9-12-25(13-10-16)19-6-3-17(4-7-19)24-21(26)20-8-5-18(15-23-20)22-11-14-27-2/h3-8,15-16,22H,9-14H2,1-2H3,(H,24,26). The lowest BCUT2D eigenvalue weighted by Gasteiger charge is -2.32. The van der Waals surface area contributed by atoms with Crippen LogP contribution in [0.2, 0.25) is 0 Å². The first-order valence-electron chi connectivity index (χ1n) is 9.51. The van der Waals surface area contributed by atoms with Gasteiger partial charge in [-0.3, -0.25) is 4.79 Å². The third-order valence-corrected chi connectivity index (χ3v) is 4.91.